The predicted molar refractivity (Wildman–Crippen MR) is 48.2 cm³/mol. The van der Waals surface area contributed by atoms with E-state index in [0.29, 0.717) is 5.69 Å². The van der Waals surface area contributed by atoms with E-state index in [1.54, 1.807) is 6.07 Å². The van der Waals surface area contributed by atoms with Crippen LogP contribution in [0.4, 0.5) is 18.9 Å². The van der Waals surface area contributed by atoms with E-state index < -0.39 is 11.7 Å². The summed E-state index contributed by atoms with van der Waals surface area (Å²) in [7, 11) is 0. The average Bonchev–Trinajstić information content (AvgIpc) is 2.46. The van der Waals surface area contributed by atoms with Crippen molar-refractivity contribution in [2.75, 3.05) is 18.0 Å². The number of benzene rings is 1. The van der Waals surface area contributed by atoms with Gasteiger partial charge in [-0.15, -0.1) is 0 Å². The van der Waals surface area contributed by atoms with Gasteiger partial charge in [0.25, 0.3) is 5.92 Å². The average molecular weight is 201 g/mol. The molecule has 14 heavy (non-hydrogen) atoms. The maximum atomic E-state index is 12.8. The van der Waals surface area contributed by atoms with Gasteiger partial charge in [0.05, 0.1) is 6.54 Å². The standard InChI is InChI=1S/C10H10F3N/c11-8-2-1-3-9(6-8)14-5-4-10(12,13)7-14/h1-3,6H,4-5,7H2. The summed E-state index contributed by atoms with van der Waals surface area (Å²) in [5.74, 6) is -3.02. The van der Waals surface area contributed by atoms with Gasteiger partial charge in [0.15, 0.2) is 0 Å². The van der Waals surface area contributed by atoms with E-state index in [2.05, 4.69) is 0 Å². The van der Waals surface area contributed by atoms with Crippen LogP contribution in [0.3, 0.4) is 0 Å². The van der Waals surface area contributed by atoms with Gasteiger partial charge in [-0.3, -0.25) is 0 Å². The molecule has 0 saturated carbocycles. The molecule has 1 heterocycles. The van der Waals surface area contributed by atoms with Gasteiger partial charge in [-0.05, 0) is 18.2 Å². The zero-order valence-electron chi connectivity index (χ0n) is 7.51. The van der Waals surface area contributed by atoms with Gasteiger partial charge in [-0.25, -0.2) is 13.2 Å². The Morgan fingerprint density at radius 3 is 2.64 bits per heavy atom. The summed E-state index contributed by atoms with van der Waals surface area (Å²) >= 11 is 0. The molecule has 0 radical (unpaired) electrons. The summed E-state index contributed by atoms with van der Waals surface area (Å²) in [5, 5.41) is 0. The normalized spacial score (nSPS) is 20.1. The Morgan fingerprint density at radius 2 is 2.07 bits per heavy atom. The van der Waals surface area contributed by atoms with Crippen LogP contribution in [-0.4, -0.2) is 19.0 Å². The molecule has 1 nitrogen and oxygen atoms in total. The lowest BCUT2D eigenvalue weighted by molar-refractivity contribution is 0.0257. The fourth-order valence-electron chi connectivity index (χ4n) is 1.63. The number of hydrogen-bond donors (Lipinski definition) is 0. The lowest BCUT2D eigenvalue weighted by Crippen LogP contribution is -2.24. The van der Waals surface area contributed by atoms with E-state index in [0.717, 1.165) is 0 Å². The van der Waals surface area contributed by atoms with Gasteiger partial charge in [-0.1, -0.05) is 6.07 Å². The molecular weight excluding hydrogens is 191 g/mol. The lowest BCUT2D eigenvalue weighted by Gasteiger charge is -2.17. The molecule has 1 fully saturated rings. The summed E-state index contributed by atoms with van der Waals surface area (Å²) in [6.07, 6.45) is -0.149. The SMILES string of the molecule is Fc1cccc(N2CCC(F)(F)C2)c1. The Bertz CT molecular complexity index is 338. The summed E-state index contributed by atoms with van der Waals surface area (Å²) in [4.78, 5) is 1.50. The molecule has 76 valence electrons. The van der Waals surface area contributed by atoms with Crippen molar-refractivity contribution >= 4 is 5.69 Å². The second-order valence-corrected chi connectivity index (χ2v) is 3.51. The zero-order chi connectivity index (χ0) is 10.2. The van der Waals surface area contributed by atoms with Crippen molar-refractivity contribution in [2.45, 2.75) is 12.3 Å². The van der Waals surface area contributed by atoms with Crippen molar-refractivity contribution < 1.29 is 13.2 Å². The second kappa shape index (κ2) is 3.19. The molecule has 0 unspecified atom stereocenters. The molecule has 4 heteroatoms. The maximum Gasteiger partial charge on any atom is 0.266 e. The van der Waals surface area contributed by atoms with Gasteiger partial charge in [0.1, 0.15) is 5.82 Å². The molecule has 0 spiro atoms. The number of halogens is 3. The van der Waals surface area contributed by atoms with E-state index >= 15 is 0 Å². The van der Waals surface area contributed by atoms with Crippen LogP contribution in [0.5, 0.6) is 0 Å². The molecule has 1 saturated heterocycles. The first kappa shape index (κ1) is 9.37. The van der Waals surface area contributed by atoms with E-state index in [1.165, 1.54) is 23.1 Å². The number of nitrogens with zero attached hydrogens (tertiary/aromatic N) is 1. The third-order valence-corrected chi connectivity index (χ3v) is 2.34. The van der Waals surface area contributed by atoms with E-state index in [-0.39, 0.29) is 19.5 Å². The van der Waals surface area contributed by atoms with Crippen molar-refractivity contribution in [1.82, 2.24) is 0 Å². The van der Waals surface area contributed by atoms with E-state index in [4.69, 9.17) is 0 Å². The van der Waals surface area contributed by atoms with Crippen molar-refractivity contribution in [2.24, 2.45) is 0 Å². The third-order valence-electron chi connectivity index (χ3n) is 2.34. The molecule has 0 aliphatic carbocycles. The Hall–Kier alpha value is -1.19. The van der Waals surface area contributed by atoms with Gasteiger partial charge < -0.3 is 4.90 Å². The minimum atomic E-state index is -2.63. The Labute approximate surface area is 80.1 Å². The molecule has 1 aromatic carbocycles. The Balaban J connectivity index is 2.17. The zero-order valence-corrected chi connectivity index (χ0v) is 7.51. The second-order valence-electron chi connectivity index (χ2n) is 3.51. The molecule has 0 N–H and O–H groups in total. The lowest BCUT2D eigenvalue weighted by atomic mass is 10.3. The molecule has 0 atom stereocenters. The molecule has 0 amide bonds. The van der Waals surface area contributed by atoms with Gasteiger partial charge in [0, 0.05) is 18.7 Å². The first-order chi connectivity index (χ1) is 6.57. The number of hydrogen-bond acceptors (Lipinski definition) is 1. The summed E-state index contributed by atoms with van der Waals surface area (Å²) in [5.41, 5.74) is 0.530. The molecule has 0 bridgehead atoms. The van der Waals surface area contributed by atoms with Crippen molar-refractivity contribution in [3.8, 4) is 0 Å². The van der Waals surface area contributed by atoms with Gasteiger partial charge >= 0.3 is 0 Å². The number of alkyl halides is 2. The number of anilines is 1. The largest absolute Gasteiger partial charge is 0.365 e. The minimum absolute atomic E-state index is 0.149. The highest BCUT2D eigenvalue weighted by molar-refractivity contribution is 5.47. The quantitative estimate of drug-likeness (QED) is 0.675. The van der Waals surface area contributed by atoms with Crippen molar-refractivity contribution in [1.29, 1.82) is 0 Å². The molecule has 0 aromatic heterocycles. The van der Waals surface area contributed by atoms with Crippen molar-refractivity contribution in [3.63, 3.8) is 0 Å². The van der Waals surface area contributed by atoms with Crippen LogP contribution >= 0.6 is 0 Å². The highest BCUT2D eigenvalue weighted by Crippen LogP contribution is 2.30. The smallest absolute Gasteiger partial charge is 0.266 e. The molecule has 2 rings (SSSR count). The van der Waals surface area contributed by atoms with E-state index in [9.17, 15) is 13.2 Å². The molecular formula is C10H10F3N. The van der Waals surface area contributed by atoms with Crippen LogP contribution < -0.4 is 4.90 Å². The summed E-state index contributed by atoms with van der Waals surface area (Å²) in [6, 6.07) is 5.75. The summed E-state index contributed by atoms with van der Waals surface area (Å²) in [6.45, 7) is -0.0209. The molecule has 1 aliphatic rings. The first-order valence-corrected chi connectivity index (χ1v) is 4.45. The first-order valence-electron chi connectivity index (χ1n) is 4.45. The molecule has 1 aliphatic heterocycles. The topological polar surface area (TPSA) is 3.24 Å². The van der Waals surface area contributed by atoms with Crippen LogP contribution in [0.1, 0.15) is 6.42 Å². The minimum Gasteiger partial charge on any atom is -0.365 e. The Kier molecular flexibility index (Phi) is 2.13. The van der Waals surface area contributed by atoms with Crippen LogP contribution in [0.15, 0.2) is 24.3 Å². The van der Waals surface area contributed by atoms with Gasteiger partial charge in [0.2, 0.25) is 0 Å². The molecule has 1 aromatic rings. The fourth-order valence-corrected chi connectivity index (χ4v) is 1.63. The van der Waals surface area contributed by atoms with E-state index in [1.807, 2.05) is 0 Å². The highest BCUT2D eigenvalue weighted by atomic mass is 19.3. The third kappa shape index (κ3) is 1.84. The maximum absolute atomic E-state index is 12.8. The fraction of sp³-hybridized carbons (Fsp3) is 0.400. The Morgan fingerprint density at radius 1 is 1.29 bits per heavy atom. The van der Waals surface area contributed by atoms with Crippen LogP contribution in [0.2, 0.25) is 0 Å². The van der Waals surface area contributed by atoms with Crippen LogP contribution in [0.25, 0.3) is 0 Å². The monoisotopic (exact) mass is 201 g/mol. The van der Waals surface area contributed by atoms with Gasteiger partial charge in [-0.2, -0.15) is 0 Å². The number of rotatable bonds is 1. The summed E-state index contributed by atoms with van der Waals surface area (Å²) < 4.78 is 38.5. The van der Waals surface area contributed by atoms with Crippen LogP contribution in [-0.2, 0) is 0 Å². The van der Waals surface area contributed by atoms with Crippen molar-refractivity contribution in [3.05, 3.63) is 30.1 Å². The predicted octanol–water partition coefficient (Wildman–Crippen LogP) is 2.67. The highest BCUT2D eigenvalue weighted by Gasteiger charge is 2.38. The van der Waals surface area contributed by atoms with Crippen LogP contribution in [0, 0.1) is 5.82 Å².